The number of carbonyl (C=O) groups excluding carboxylic acids is 4. The Labute approximate surface area is 211 Å². The number of nitrogens with zero attached hydrogens (tertiary/aromatic N) is 3. The fraction of sp³-hybridized carbons (Fsp3) is 0.320. The first kappa shape index (κ1) is 24.1. The van der Waals surface area contributed by atoms with Crippen molar-refractivity contribution in [3.8, 4) is 23.3 Å². The van der Waals surface area contributed by atoms with Crippen LogP contribution in [-0.2, 0) is 16.1 Å². The molecule has 190 valence electrons. The molecule has 0 bridgehead atoms. The number of urea groups is 1. The number of anilines is 1. The van der Waals surface area contributed by atoms with E-state index in [0.717, 1.165) is 5.56 Å². The van der Waals surface area contributed by atoms with Crippen LogP contribution in [0.25, 0.3) is 0 Å². The number of carbonyl (C=O) groups is 4. The molecule has 3 aliphatic rings. The molecule has 0 unspecified atom stereocenters. The van der Waals surface area contributed by atoms with Crippen molar-refractivity contribution in [2.75, 3.05) is 32.2 Å². The highest BCUT2D eigenvalue weighted by Crippen LogP contribution is 2.29. The van der Waals surface area contributed by atoms with Gasteiger partial charge >= 0.3 is 6.03 Å². The summed E-state index contributed by atoms with van der Waals surface area (Å²) in [5.41, 5.74) is -0.433. The fourth-order valence-electron chi connectivity index (χ4n) is 4.51. The first-order valence-electron chi connectivity index (χ1n) is 11.4. The molecule has 5 amide bonds. The summed E-state index contributed by atoms with van der Waals surface area (Å²) in [6.07, 6.45) is -0.817. The minimum Gasteiger partial charge on any atom is -0.497 e. The van der Waals surface area contributed by atoms with Gasteiger partial charge in [0, 0.05) is 25.1 Å². The molecule has 12 nitrogen and oxygen atoms in total. The number of rotatable bonds is 5. The lowest BCUT2D eigenvalue weighted by Gasteiger charge is -2.26. The molecule has 5 rings (SSSR count). The van der Waals surface area contributed by atoms with E-state index < -0.39 is 29.5 Å². The number of amides is 5. The van der Waals surface area contributed by atoms with Gasteiger partial charge in [0.15, 0.2) is 11.4 Å². The van der Waals surface area contributed by atoms with Crippen molar-refractivity contribution >= 4 is 29.6 Å². The van der Waals surface area contributed by atoms with Gasteiger partial charge in [-0.2, -0.15) is 0 Å². The van der Waals surface area contributed by atoms with Crippen molar-refractivity contribution in [1.82, 2.24) is 20.5 Å². The quantitative estimate of drug-likeness (QED) is 0.373. The Balaban J connectivity index is 1.48. The molecular formula is C25H23N5O7. The predicted octanol–water partition coefficient (Wildman–Crippen LogP) is -0.218. The SMILES string of the molecule is COc1ccc2c(c1)C(=O)N(C[C@@]1(C#Cc3nc(N4CC[C@H](O)C4=O)ccc3OC)NC(=O)NC1=O)C2. The molecule has 2 fully saturated rings. The average molecular weight is 505 g/mol. The smallest absolute Gasteiger partial charge is 0.323 e. The van der Waals surface area contributed by atoms with Crippen LogP contribution in [0.4, 0.5) is 10.6 Å². The molecule has 12 heteroatoms. The van der Waals surface area contributed by atoms with Gasteiger partial charge in [-0.05, 0) is 35.7 Å². The van der Waals surface area contributed by atoms with Crippen LogP contribution in [0.5, 0.6) is 11.5 Å². The number of fused-ring (bicyclic) bond motifs is 1. The second-order valence-corrected chi connectivity index (χ2v) is 8.76. The number of hydrogen-bond donors (Lipinski definition) is 3. The van der Waals surface area contributed by atoms with Gasteiger partial charge in [0.1, 0.15) is 17.7 Å². The van der Waals surface area contributed by atoms with Crippen LogP contribution in [0.15, 0.2) is 30.3 Å². The third kappa shape index (κ3) is 4.19. The van der Waals surface area contributed by atoms with Gasteiger partial charge < -0.3 is 24.8 Å². The van der Waals surface area contributed by atoms with Gasteiger partial charge in [-0.25, -0.2) is 9.78 Å². The Morgan fingerprint density at radius 3 is 2.62 bits per heavy atom. The van der Waals surface area contributed by atoms with Crippen molar-refractivity contribution in [2.45, 2.75) is 24.6 Å². The summed E-state index contributed by atoms with van der Waals surface area (Å²) in [7, 11) is 2.92. The van der Waals surface area contributed by atoms with Crippen molar-refractivity contribution in [3.63, 3.8) is 0 Å². The van der Waals surface area contributed by atoms with Gasteiger partial charge in [-0.1, -0.05) is 12.0 Å². The number of pyridine rings is 1. The number of aromatic nitrogens is 1. The van der Waals surface area contributed by atoms with Crippen molar-refractivity contribution < 1.29 is 33.8 Å². The van der Waals surface area contributed by atoms with E-state index in [1.54, 1.807) is 30.3 Å². The van der Waals surface area contributed by atoms with Gasteiger partial charge in [0.25, 0.3) is 17.7 Å². The number of nitrogens with one attached hydrogen (secondary N) is 2. The minimum absolute atomic E-state index is 0.114. The number of methoxy groups -OCH3 is 2. The standard InChI is InChI=1S/C25H23N5O7/c1-36-15-4-3-14-12-29(21(32)16(14)11-15)13-25(23(34)27-24(35)28-25)9-7-17-19(37-2)5-6-20(26-17)30-10-8-18(31)22(30)33/h3-6,11,18,31H,8,10,12-13H2,1-2H3,(H2,27,28,34,35)/t18-,25+/m0/s1. The first-order valence-corrected chi connectivity index (χ1v) is 11.4. The average Bonchev–Trinajstić information content (AvgIpc) is 3.49. The van der Waals surface area contributed by atoms with E-state index in [4.69, 9.17) is 9.47 Å². The molecule has 3 aliphatic heterocycles. The topological polar surface area (TPSA) is 150 Å². The van der Waals surface area contributed by atoms with Crippen LogP contribution in [0.2, 0.25) is 0 Å². The lowest BCUT2D eigenvalue weighted by atomic mass is 9.99. The normalized spacial score (nSPS) is 22.4. The molecule has 4 heterocycles. The zero-order chi connectivity index (χ0) is 26.3. The summed E-state index contributed by atoms with van der Waals surface area (Å²) in [5.74, 6) is 5.15. The molecule has 0 aliphatic carbocycles. The van der Waals surface area contributed by atoms with Crippen LogP contribution < -0.4 is 25.0 Å². The lowest BCUT2D eigenvalue weighted by molar-refractivity contribution is -0.124. The van der Waals surface area contributed by atoms with Crippen LogP contribution in [0, 0.1) is 11.8 Å². The summed E-state index contributed by atoms with van der Waals surface area (Å²) in [6, 6.07) is 7.53. The van der Waals surface area contributed by atoms with Gasteiger partial charge in [-0.15, -0.1) is 0 Å². The van der Waals surface area contributed by atoms with Crippen LogP contribution in [0.1, 0.15) is 28.0 Å². The molecular weight excluding hydrogens is 482 g/mol. The van der Waals surface area contributed by atoms with Gasteiger partial charge in [0.2, 0.25) is 5.54 Å². The van der Waals surface area contributed by atoms with E-state index in [1.165, 1.54) is 24.0 Å². The second-order valence-electron chi connectivity index (χ2n) is 8.76. The van der Waals surface area contributed by atoms with Crippen molar-refractivity contribution in [1.29, 1.82) is 0 Å². The summed E-state index contributed by atoms with van der Waals surface area (Å²) >= 11 is 0. The Hall–Kier alpha value is -4.63. The molecule has 3 N–H and O–H groups in total. The van der Waals surface area contributed by atoms with E-state index in [0.29, 0.717) is 11.3 Å². The molecule has 1 aromatic carbocycles. The number of aliphatic hydroxyl groups is 1. The highest BCUT2D eigenvalue weighted by Gasteiger charge is 2.48. The Morgan fingerprint density at radius 2 is 1.97 bits per heavy atom. The molecule has 0 saturated carbocycles. The van der Waals surface area contributed by atoms with Crippen molar-refractivity contribution in [2.24, 2.45) is 0 Å². The summed E-state index contributed by atoms with van der Waals surface area (Å²) in [5, 5.41) is 14.5. The van der Waals surface area contributed by atoms with Gasteiger partial charge in [-0.3, -0.25) is 24.6 Å². The zero-order valence-corrected chi connectivity index (χ0v) is 20.0. The molecule has 37 heavy (non-hydrogen) atoms. The highest BCUT2D eigenvalue weighted by atomic mass is 16.5. The number of aliphatic hydroxyl groups excluding tert-OH is 1. The molecule has 2 atom stereocenters. The minimum atomic E-state index is -1.75. The fourth-order valence-corrected chi connectivity index (χ4v) is 4.51. The monoisotopic (exact) mass is 505 g/mol. The number of imide groups is 1. The largest absolute Gasteiger partial charge is 0.497 e. The second kappa shape index (κ2) is 9.11. The number of ether oxygens (including phenoxy) is 2. The number of benzene rings is 1. The molecule has 1 aromatic heterocycles. The maximum atomic E-state index is 13.1. The Morgan fingerprint density at radius 1 is 1.16 bits per heavy atom. The summed E-state index contributed by atoms with van der Waals surface area (Å²) in [4.78, 5) is 57.5. The molecule has 2 saturated heterocycles. The summed E-state index contributed by atoms with van der Waals surface area (Å²) in [6.45, 7) is 0.296. The highest BCUT2D eigenvalue weighted by molar-refractivity contribution is 6.10. The molecule has 0 spiro atoms. The zero-order valence-electron chi connectivity index (χ0n) is 20.0. The first-order chi connectivity index (χ1) is 17.7. The van der Waals surface area contributed by atoms with Crippen LogP contribution >= 0.6 is 0 Å². The predicted molar refractivity (Wildman–Crippen MR) is 128 cm³/mol. The summed E-state index contributed by atoms with van der Waals surface area (Å²) < 4.78 is 10.5. The van der Waals surface area contributed by atoms with Crippen molar-refractivity contribution in [3.05, 3.63) is 47.2 Å². The Kier molecular flexibility index (Phi) is 5.93. The van der Waals surface area contributed by atoms with E-state index in [9.17, 15) is 24.3 Å². The Bertz CT molecular complexity index is 1400. The van der Waals surface area contributed by atoms with Crippen LogP contribution in [-0.4, -0.2) is 77.7 Å². The van der Waals surface area contributed by atoms with E-state index in [1.807, 2.05) is 0 Å². The maximum Gasteiger partial charge on any atom is 0.323 e. The molecule has 0 radical (unpaired) electrons. The van der Waals surface area contributed by atoms with E-state index in [2.05, 4.69) is 27.5 Å². The number of hydrogen-bond acceptors (Lipinski definition) is 8. The molecule has 2 aromatic rings. The third-order valence-corrected chi connectivity index (χ3v) is 6.48. The van der Waals surface area contributed by atoms with E-state index >= 15 is 0 Å². The third-order valence-electron chi connectivity index (χ3n) is 6.48. The van der Waals surface area contributed by atoms with Crippen LogP contribution in [0.3, 0.4) is 0 Å². The maximum absolute atomic E-state index is 13.1. The van der Waals surface area contributed by atoms with Gasteiger partial charge in [0.05, 0.1) is 20.8 Å². The van der Waals surface area contributed by atoms with E-state index in [-0.39, 0.29) is 49.2 Å². The lowest BCUT2D eigenvalue weighted by Crippen LogP contribution is -2.54.